The van der Waals surface area contributed by atoms with Gasteiger partial charge in [0.25, 0.3) is 0 Å². The van der Waals surface area contributed by atoms with Crippen molar-refractivity contribution in [3.05, 3.63) is 65.7 Å². The highest BCUT2D eigenvalue weighted by Gasteiger charge is 2.02. The van der Waals surface area contributed by atoms with Gasteiger partial charge in [0.2, 0.25) is 0 Å². The zero-order valence-electron chi connectivity index (χ0n) is 9.10. The zero-order valence-corrected chi connectivity index (χ0v) is 9.10. The van der Waals surface area contributed by atoms with Crippen LogP contribution in [0.15, 0.2) is 54.6 Å². The van der Waals surface area contributed by atoms with E-state index in [1.165, 1.54) is 12.1 Å². The molecular formula is C14H11FO2. The Hall–Kier alpha value is -2.16. The number of hydrogen-bond donors (Lipinski definition) is 0. The van der Waals surface area contributed by atoms with E-state index in [0.717, 1.165) is 5.56 Å². The van der Waals surface area contributed by atoms with Gasteiger partial charge in [0.15, 0.2) is 0 Å². The summed E-state index contributed by atoms with van der Waals surface area (Å²) < 4.78 is 17.8. The molecule has 0 aliphatic heterocycles. The molecule has 0 fully saturated rings. The summed E-state index contributed by atoms with van der Waals surface area (Å²) in [7, 11) is 0. The summed E-state index contributed by atoms with van der Waals surface area (Å²) in [5.41, 5.74) is 1.09. The summed E-state index contributed by atoms with van der Waals surface area (Å²) in [6, 6.07) is 14.3. The summed E-state index contributed by atoms with van der Waals surface area (Å²) in [5.74, 6) is 0.610. The third kappa shape index (κ3) is 3.14. The van der Waals surface area contributed by atoms with Gasteiger partial charge in [-0.15, -0.1) is 0 Å². The summed E-state index contributed by atoms with van der Waals surface area (Å²) in [5, 5.41) is 0. The predicted octanol–water partition coefficient (Wildman–Crippen LogP) is 3.38. The van der Waals surface area contributed by atoms with Gasteiger partial charge < -0.3 is 4.74 Å². The number of halogens is 1. The van der Waals surface area contributed by atoms with Gasteiger partial charge in [-0.1, -0.05) is 30.3 Å². The van der Waals surface area contributed by atoms with E-state index >= 15 is 0 Å². The van der Waals surface area contributed by atoms with Gasteiger partial charge >= 0.3 is 6.04 Å². The Bertz CT molecular complexity index is 491. The average Bonchev–Trinajstić information content (AvgIpc) is 2.38. The van der Waals surface area contributed by atoms with E-state index in [1.54, 1.807) is 12.1 Å². The molecule has 17 heavy (non-hydrogen) atoms. The number of hydrogen-bond acceptors (Lipinski definition) is 2. The molecule has 0 aliphatic rings. The van der Waals surface area contributed by atoms with Gasteiger partial charge in [-0.25, -0.2) is 0 Å². The Kier molecular flexibility index (Phi) is 3.50. The van der Waals surface area contributed by atoms with E-state index in [-0.39, 0.29) is 5.56 Å². The molecule has 2 aromatic carbocycles. The van der Waals surface area contributed by atoms with Crippen molar-refractivity contribution >= 4 is 6.04 Å². The van der Waals surface area contributed by atoms with Crippen LogP contribution in [-0.2, 0) is 6.61 Å². The molecular weight excluding hydrogens is 219 g/mol. The van der Waals surface area contributed by atoms with Gasteiger partial charge in [0.1, 0.15) is 12.4 Å². The molecule has 0 bridgehead atoms. The minimum atomic E-state index is -1.43. The molecule has 0 aliphatic carbocycles. The quantitative estimate of drug-likeness (QED) is 0.753. The first kappa shape index (κ1) is 11.3. The molecule has 2 nitrogen and oxygen atoms in total. The fourth-order valence-electron chi connectivity index (χ4n) is 1.42. The maximum Gasteiger partial charge on any atom is 0.332 e. The minimum absolute atomic E-state index is 0.0389. The zero-order chi connectivity index (χ0) is 12.1. The van der Waals surface area contributed by atoms with E-state index in [0.29, 0.717) is 12.4 Å². The van der Waals surface area contributed by atoms with Crippen molar-refractivity contribution in [1.29, 1.82) is 0 Å². The lowest BCUT2D eigenvalue weighted by Gasteiger charge is -2.06. The third-order valence-electron chi connectivity index (χ3n) is 2.33. The second kappa shape index (κ2) is 5.25. The first-order valence-corrected chi connectivity index (χ1v) is 5.22. The molecule has 0 atom stereocenters. The fraction of sp³-hybridized carbons (Fsp3) is 0.0714. The summed E-state index contributed by atoms with van der Waals surface area (Å²) in [4.78, 5) is 10.4. The lowest BCUT2D eigenvalue weighted by molar-refractivity contribution is 0.0836. The smallest absolute Gasteiger partial charge is 0.332 e. The van der Waals surface area contributed by atoms with Crippen molar-refractivity contribution < 1.29 is 13.9 Å². The number of benzene rings is 2. The highest BCUT2D eigenvalue weighted by Crippen LogP contribution is 2.14. The summed E-state index contributed by atoms with van der Waals surface area (Å²) >= 11 is 0. The Balaban J connectivity index is 1.98. The Morgan fingerprint density at radius 3 is 2.24 bits per heavy atom. The molecule has 0 heterocycles. The Labute approximate surface area is 98.7 Å². The molecule has 2 rings (SSSR count). The van der Waals surface area contributed by atoms with Crippen LogP contribution in [-0.4, -0.2) is 6.04 Å². The topological polar surface area (TPSA) is 26.3 Å². The highest BCUT2D eigenvalue weighted by molar-refractivity contribution is 5.88. The van der Waals surface area contributed by atoms with Crippen LogP contribution >= 0.6 is 0 Å². The van der Waals surface area contributed by atoms with Crippen molar-refractivity contribution in [3.8, 4) is 5.75 Å². The van der Waals surface area contributed by atoms with Crippen LogP contribution in [0.3, 0.4) is 0 Å². The third-order valence-corrected chi connectivity index (χ3v) is 2.33. The van der Waals surface area contributed by atoms with Crippen LogP contribution in [0.5, 0.6) is 5.75 Å². The summed E-state index contributed by atoms with van der Waals surface area (Å²) in [6.07, 6.45) is 0. The molecule has 0 unspecified atom stereocenters. The van der Waals surface area contributed by atoms with Crippen LogP contribution in [0.1, 0.15) is 15.9 Å². The van der Waals surface area contributed by atoms with Crippen LogP contribution in [0.2, 0.25) is 0 Å². The van der Waals surface area contributed by atoms with E-state index in [4.69, 9.17) is 4.74 Å². The monoisotopic (exact) mass is 230 g/mol. The second-order valence-electron chi connectivity index (χ2n) is 3.57. The van der Waals surface area contributed by atoms with E-state index in [1.807, 2.05) is 30.3 Å². The molecule has 0 saturated heterocycles. The van der Waals surface area contributed by atoms with E-state index in [9.17, 15) is 9.18 Å². The largest absolute Gasteiger partial charge is 0.489 e. The molecule has 0 N–H and O–H groups in total. The van der Waals surface area contributed by atoms with Crippen molar-refractivity contribution in [2.75, 3.05) is 0 Å². The number of rotatable bonds is 4. The highest BCUT2D eigenvalue weighted by atomic mass is 19.1. The van der Waals surface area contributed by atoms with Crippen LogP contribution in [0, 0.1) is 0 Å². The van der Waals surface area contributed by atoms with Gasteiger partial charge in [-0.2, -0.15) is 4.39 Å². The van der Waals surface area contributed by atoms with Crippen LogP contribution in [0.25, 0.3) is 0 Å². The van der Waals surface area contributed by atoms with Crippen molar-refractivity contribution in [1.82, 2.24) is 0 Å². The molecule has 0 amide bonds. The Morgan fingerprint density at radius 2 is 1.65 bits per heavy atom. The second-order valence-corrected chi connectivity index (χ2v) is 3.57. The van der Waals surface area contributed by atoms with Gasteiger partial charge in [-0.3, -0.25) is 4.79 Å². The number of carbonyl (C=O) groups excluding carboxylic acids is 1. The lowest BCUT2D eigenvalue weighted by Crippen LogP contribution is -1.95. The minimum Gasteiger partial charge on any atom is -0.489 e. The van der Waals surface area contributed by atoms with E-state index in [2.05, 4.69) is 0 Å². The van der Waals surface area contributed by atoms with Crippen LogP contribution < -0.4 is 4.74 Å². The Morgan fingerprint density at radius 1 is 1.00 bits per heavy atom. The first-order chi connectivity index (χ1) is 8.25. The average molecular weight is 230 g/mol. The van der Waals surface area contributed by atoms with Crippen molar-refractivity contribution in [2.45, 2.75) is 6.61 Å². The maximum absolute atomic E-state index is 12.3. The molecule has 0 saturated carbocycles. The summed E-state index contributed by atoms with van der Waals surface area (Å²) in [6.45, 7) is 0.448. The van der Waals surface area contributed by atoms with Gasteiger partial charge in [-0.05, 0) is 29.8 Å². The molecule has 3 heteroatoms. The van der Waals surface area contributed by atoms with E-state index < -0.39 is 6.04 Å². The number of ether oxygens (including phenoxy) is 1. The van der Waals surface area contributed by atoms with Gasteiger partial charge in [0.05, 0.1) is 5.56 Å². The maximum atomic E-state index is 12.3. The fourth-order valence-corrected chi connectivity index (χ4v) is 1.42. The standard InChI is InChI=1S/C14H11FO2/c15-14(16)12-6-8-13(9-7-12)17-10-11-4-2-1-3-5-11/h1-9H,10H2. The first-order valence-electron chi connectivity index (χ1n) is 5.22. The molecule has 86 valence electrons. The number of carbonyl (C=O) groups is 1. The predicted molar refractivity (Wildman–Crippen MR) is 62.7 cm³/mol. The molecule has 2 aromatic rings. The SMILES string of the molecule is O=C(F)c1ccc(OCc2ccccc2)cc1. The molecule has 0 spiro atoms. The van der Waals surface area contributed by atoms with Crippen LogP contribution in [0.4, 0.5) is 4.39 Å². The van der Waals surface area contributed by atoms with Crippen molar-refractivity contribution in [2.24, 2.45) is 0 Å². The molecule has 0 radical (unpaired) electrons. The molecule has 0 aromatic heterocycles. The van der Waals surface area contributed by atoms with Gasteiger partial charge in [0, 0.05) is 0 Å². The normalized spacial score (nSPS) is 9.94. The van der Waals surface area contributed by atoms with Crippen molar-refractivity contribution in [3.63, 3.8) is 0 Å². The lowest BCUT2D eigenvalue weighted by atomic mass is 10.2.